The molecule has 0 spiro atoms. The molecule has 6 rings (SSSR count). The summed E-state index contributed by atoms with van der Waals surface area (Å²) in [7, 11) is 0. The summed E-state index contributed by atoms with van der Waals surface area (Å²) >= 11 is 0. The summed E-state index contributed by atoms with van der Waals surface area (Å²) in [6.07, 6.45) is 0.823. The molecule has 2 saturated heterocycles. The van der Waals surface area contributed by atoms with Crippen LogP contribution in [0.2, 0.25) is 0 Å². The van der Waals surface area contributed by atoms with Gasteiger partial charge in [-0.15, -0.1) is 0 Å². The van der Waals surface area contributed by atoms with Crippen molar-refractivity contribution in [1.29, 1.82) is 0 Å². The smallest absolute Gasteiger partial charge is 0.417 e. The summed E-state index contributed by atoms with van der Waals surface area (Å²) < 4.78 is 51.4. The minimum Gasteiger partial charge on any atom is -0.488 e. The Hall–Kier alpha value is -4.53. The van der Waals surface area contributed by atoms with Crippen LogP contribution in [0.15, 0.2) is 43.0 Å². The second kappa shape index (κ2) is 12.1. The molecule has 2 N–H and O–H groups in total. The molecule has 1 aliphatic carbocycles. The van der Waals surface area contributed by atoms with Crippen molar-refractivity contribution in [2.75, 3.05) is 24.5 Å². The molecule has 1 aromatic carbocycles. The van der Waals surface area contributed by atoms with Crippen molar-refractivity contribution in [3.8, 4) is 11.6 Å². The highest BCUT2D eigenvalue weighted by Gasteiger charge is 2.43. The molecule has 3 aliphatic rings. The predicted octanol–water partition coefficient (Wildman–Crippen LogP) is 3.25. The van der Waals surface area contributed by atoms with Crippen LogP contribution in [0.5, 0.6) is 11.6 Å². The maximum absolute atomic E-state index is 13.1. The van der Waals surface area contributed by atoms with Gasteiger partial charge in [0.05, 0.1) is 28.4 Å². The van der Waals surface area contributed by atoms with Crippen LogP contribution in [0.1, 0.15) is 31.2 Å². The lowest BCUT2D eigenvalue weighted by molar-refractivity contribution is -0.137. The highest BCUT2D eigenvalue weighted by molar-refractivity contribution is 6.12. The van der Waals surface area contributed by atoms with E-state index in [0.29, 0.717) is 43.3 Å². The van der Waals surface area contributed by atoms with Gasteiger partial charge >= 0.3 is 12.2 Å². The standard InChI is InChI=1S/C26H25F3N6O4.CH2O2/c27-26(28,29)15-7-17(10-30-9-15)34-13-23(36)35(25(34)37)16-1-3-18(4-2-16)39-24-21-6-5-19(38-20-11-31-12-20)8-22(21)32-14-33-24;2-1-3/h5-10,14,16,18,20,31H,1-4,11-13H2;1H,(H,2,3). The number of benzene rings is 1. The molecule has 4 heterocycles. The number of carbonyl (C=O) groups is 3. The van der Waals surface area contributed by atoms with Gasteiger partial charge in [-0.2, -0.15) is 13.2 Å². The monoisotopic (exact) mass is 588 g/mol. The van der Waals surface area contributed by atoms with E-state index in [1.807, 2.05) is 18.2 Å². The number of hydrogen-bond donors (Lipinski definition) is 2. The van der Waals surface area contributed by atoms with Gasteiger partial charge in [0.15, 0.2) is 0 Å². The molecule has 222 valence electrons. The molecule has 0 unspecified atom stereocenters. The second-order valence-corrected chi connectivity index (χ2v) is 9.97. The third kappa shape index (κ3) is 6.20. The summed E-state index contributed by atoms with van der Waals surface area (Å²) in [6, 6.07) is 5.42. The lowest BCUT2D eigenvalue weighted by Gasteiger charge is -2.33. The molecule has 2 aliphatic heterocycles. The van der Waals surface area contributed by atoms with Crippen LogP contribution in [0, 0.1) is 0 Å². The van der Waals surface area contributed by atoms with Gasteiger partial charge in [0.25, 0.3) is 12.4 Å². The van der Waals surface area contributed by atoms with Crippen molar-refractivity contribution in [2.24, 2.45) is 0 Å². The fourth-order valence-electron chi connectivity index (χ4n) is 5.10. The van der Waals surface area contributed by atoms with Crippen LogP contribution in [0.4, 0.5) is 23.7 Å². The number of hydrogen-bond acceptors (Lipinski definition) is 9. The first-order chi connectivity index (χ1) is 20.2. The highest BCUT2D eigenvalue weighted by Crippen LogP contribution is 2.35. The van der Waals surface area contributed by atoms with E-state index >= 15 is 0 Å². The number of alkyl halides is 3. The highest BCUT2D eigenvalue weighted by atomic mass is 19.4. The number of halogens is 3. The first kappa shape index (κ1) is 29.0. The van der Waals surface area contributed by atoms with Crippen LogP contribution in [-0.4, -0.2) is 81.3 Å². The molecule has 0 radical (unpaired) electrons. The molecule has 3 amide bonds. The number of anilines is 1. The largest absolute Gasteiger partial charge is 0.488 e. The topological polar surface area (TPSA) is 147 Å². The Morgan fingerprint density at radius 3 is 2.40 bits per heavy atom. The Morgan fingerprint density at radius 2 is 1.74 bits per heavy atom. The molecule has 15 heteroatoms. The Labute approximate surface area is 237 Å². The SMILES string of the molecule is O=C1CN(c2cncc(C(F)(F)F)c2)C(=O)N1C1CCC(Oc2ncnc3cc(OC4CNC4)ccc23)CC1.O=CO. The van der Waals surface area contributed by atoms with Crippen LogP contribution in [-0.2, 0) is 15.8 Å². The van der Waals surface area contributed by atoms with Gasteiger partial charge in [-0.25, -0.2) is 14.8 Å². The molecular formula is C27H27F3N6O6. The molecule has 0 bridgehead atoms. The number of imide groups is 1. The van der Waals surface area contributed by atoms with Gasteiger partial charge in [0.1, 0.15) is 30.8 Å². The summed E-state index contributed by atoms with van der Waals surface area (Å²) in [6.45, 7) is 1.05. The number of amides is 3. The summed E-state index contributed by atoms with van der Waals surface area (Å²) in [5.41, 5.74) is -0.333. The van der Waals surface area contributed by atoms with E-state index in [2.05, 4.69) is 20.3 Å². The molecule has 2 aromatic heterocycles. The van der Waals surface area contributed by atoms with E-state index < -0.39 is 23.7 Å². The lowest BCUT2D eigenvalue weighted by Crippen LogP contribution is -2.50. The van der Waals surface area contributed by atoms with Crippen molar-refractivity contribution in [3.63, 3.8) is 0 Å². The lowest BCUT2D eigenvalue weighted by atomic mass is 9.92. The van der Waals surface area contributed by atoms with Crippen molar-refractivity contribution >= 4 is 35.0 Å². The summed E-state index contributed by atoms with van der Waals surface area (Å²) in [5.74, 6) is 0.741. The van der Waals surface area contributed by atoms with Gasteiger partial charge in [0, 0.05) is 31.4 Å². The van der Waals surface area contributed by atoms with Gasteiger partial charge in [0.2, 0.25) is 5.88 Å². The van der Waals surface area contributed by atoms with Gasteiger partial charge < -0.3 is 19.9 Å². The molecule has 3 aromatic rings. The number of ether oxygens (including phenoxy) is 2. The Balaban J connectivity index is 0.00000113. The second-order valence-electron chi connectivity index (χ2n) is 9.97. The number of carbonyl (C=O) groups excluding carboxylic acids is 2. The quantitative estimate of drug-likeness (QED) is 0.325. The van der Waals surface area contributed by atoms with Crippen LogP contribution >= 0.6 is 0 Å². The van der Waals surface area contributed by atoms with Crippen molar-refractivity contribution in [1.82, 2.24) is 25.2 Å². The number of pyridine rings is 1. The van der Waals surface area contributed by atoms with Gasteiger partial charge in [-0.05, 0) is 43.9 Å². The molecular weight excluding hydrogens is 561 g/mol. The number of urea groups is 1. The Morgan fingerprint density at radius 1 is 1.00 bits per heavy atom. The predicted molar refractivity (Wildman–Crippen MR) is 141 cm³/mol. The number of carboxylic acid groups (broad SMARTS) is 1. The van der Waals surface area contributed by atoms with E-state index in [0.717, 1.165) is 46.3 Å². The molecule has 42 heavy (non-hydrogen) atoms. The van der Waals surface area contributed by atoms with E-state index in [9.17, 15) is 22.8 Å². The maximum Gasteiger partial charge on any atom is 0.417 e. The first-order valence-corrected chi connectivity index (χ1v) is 13.2. The summed E-state index contributed by atoms with van der Waals surface area (Å²) in [4.78, 5) is 48.6. The maximum atomic E-state index is 13.1. The summed E-state index contributed by atoms with van der Waals surface area (Å²) in [5, 5.41) is 10.8. The van der Waals surface area contributed by atoms with E-state index in [1.54, 1.807) is 0 Å². The third-order valence-electron chi connectivity index (χ3n) is 7.27. The first-order valence-electron chi connectivity index (χ1n) is 13.2. The Kier molecular flexibility index (Phi) is 8.38. The minimum absolute atomic E-state index is 0.0590. The Bertz CT molecular complexity index is 1460. The average molecular weight is 589 g/mol. The van der Waals surface area contributed by atoms with E-state index in [4.69, 9.17) is 19.4 Å². The van der Waals surface area contributed by atoms with Crippen LogP contribution in [0.3, 0.4) is 0 Å². The number of aromatic nitrogens is 3. The van der Waals surface area contributed by atoms with Crippen LogP contribution in [0.25, 0.3) is 10.9 Å². The zero-order chi connectivity index (χ0) is 29.9. The number of fused-ring (bicyclic) bond motifs is 1. The van der Waals surface area contributed by atoms with Crippen LogP contribution < -0.4 is 19.7 Å². The molecule has 0 atom stereocenters. The fraction of sp³-hybridized carbons (Fsp3) is 0.407. The molecule has 3 fully saturated rings. The van der Waals surface area contributed by atoms with E-state index in [1.165, 1.54) is 6.33 Å². The number of rotatable bonds is 6. The number of nitrogens with zero attached hydrogens (tertiary/aromatic N) is 5. The zero-order valence-corrected chi connectivity index (χ0v) is 22.2. The van der Waals surface area contributed by atoms with Gasteiger partial charge in [-0.3, -0.25) is 24.4 Å². The zero-order valence-electron chi connectivity index (χ0n) is 22.2. The fourth-order valence-corrected chi connectivity index (χ4v) is 5.10. The third-order valence-corrected chi connectivity index (χ3v) is 7.27. The average Bonchev–Trinajstić information content (AvgIpc) is 3.25. The van der Waals surface area contributed by atoms with E-state index in [-0.39, 0.29) is 37.0 Å². The minimum atomic E-state index is -4.60. The van der Waals surface area contributed by atoms with Gasteiger partial charge in [-0.1, -0.05) is 0 Å². The van der Waals surface area contributed by atoms with Crippen molar-refractivity contribution in [3.05, 3.63) is 48.5 Å². The normalized spacial score (nSPS) is 21.0. The molecule has 12 nitrogen and oxygen atoms in total. The molecule has 1 saturated carbocycles. The van der Waals surface area contributed by atoms with Crippen molar-refractivity contribution in [2.45, 2.75) is 50.1 Å². The number of nitrogens with one attached hydrogen (secondary N) is 1. The van der Waals surface area contributed by atoms with Crippen molar-refractivity contribution < 1.29 is 42.1 Å².